The Hall–Kier alpha value is -1.50. The lowest BCUT2D eigenvalue weighted by Gasteiger charge is -2.16. The highest BCUT2D eigenvalue weighted by Crippen LogP contribution is 2.04. The van der Waals surface area contributed by atoms with E-state index in [1.807, 2.05) is 0 Å². The van der Waals surface area contributed by atoms with Crippen LogP contribution in [-0.4, -0.2) is 31.8 Å². The molecule has 15 heavy (non-hydrogen) atoms. The second-order valence-corrected chi connectivity index (χ2v) is 3.74. The molecule has 1 rings (SSSR count). The standard InChI is InChI=1S/C8H11N3O3S/c1-4(8(13)14)5(2)10-7(12)6-3-9-15-11-6/h3-5H,1-2H3,(H,10,12)(H,13,14). The highest BCUT2D eigenvalue weighted by molar-refractivity contribution is 6.99. The van der Waals surface area contributed by atoms with Gasteiger partial charge in [-0.2, -0.15) is 8.75 Å². The molecule has 1 aromatic rings. The number of carboxylic acid groups (broad SMARTS) is 1. The molecule has 1 aromatic heterocycles. The van der Waals surface area contributed by atoms with E-state index in [2.05, 4.69) is 14.1 Å². The molecule has 0 spiro atoms. The largest absolute Gasteiger partial charge is 0.481 e. The smallest absolute Gasteiger partial charge is 0.308 e. The number of hydrogen-bond donors (Lipinski definition) is 2. The molecule has 0 saturated heterocycles. The van der Waals surface area contributed by atoms with Crippen LogP contribution in [0.1, 0.15) is 24.3 Å². The third kappa shape index (κ3) is 2.98. The lowest BCUT2D eigenvalue weighted by molar-refractivity contribution is -0.141. The van der Waals surface area contributed by atoms with Crippen LogP contribution in [0.3, 0.4) is 0 Å². The molecule has 0 aliphatic carbocycles. The van der Waals surface area contributed by atoms with Crippen molar-refractivity contribution in [2.75, 3.05) is 0 Å². The number of carbonyl (C=O) groups excluding carboxylic acids is 1. The minimum atomic E-state index is -0.945. The maximum atomic E-state index is 11.4. The van der Waals surface area contributed by atoms with E-state index in [0.717, 1.165) is 11.7 Å². The molecule has 2 unspecified atom stereocenters. The molecule has 2 N–H and O–H groups in total. The average molecular weight is 229 g/mol. The molecule has 6 nitrogen and oxygen atoms in total. The van der Waals surface area contributed by atoms with E-state index in [4.69, 9.17) is 5.11 Å². The molecule has 1 amide bonds. The number of aliphatic carboxylic acids is 1. The van der Waals surface area contributed by atoms with Gasteiger partial charge >= 0.3 is 5.97 Å². The van der Waals surface area contributed by atoms with Crippen molar-refractivity contribution in [1.82, 2.24) is 14.1 Å². The van der Waals surface area contributed by atoms with Crippen molar-refractivity contribution < 1.29 is 14.7 Å². The van der Waals surface area contributed by atoms with Crippen LogP contribution in [-0.2, 0) is 4.79 Å². The van der Waals surface area contributed by atoms with Crippen molar-refractivity contribution in [2.24, 2.45) is 5.92 Å². The number of amides is 1. The summed E-state index contributed by atoms with van der Waals surface area (Å²) in [6.07, 6.45) is 1.35. The number of hydrogen-bond acceptors (Lipinski definition) is 5. The van der Waals surface area contributed by atoms with Gasteiger partial charge in [-0.1, -0.05) is 0 Å². The molecular formula is C8H11N3O3S. The summed E-state index contributed by atoms with van der Waals surface area (Å²) in [5.41, 5.74) is 0.212. The summed E-state index contributed by atoms with van der Waals surface area (Å²) in [6.45, 7) is 3.17. The predicted molar refractivity (Wildman–Crippen MR) is 53.6 cm³/mol. The Labute approximate surface area is 90.7 Å². The van der Waals surface area contributed by atoms with Crippen molar-refractivity contribution in [3.05, 3.63) is 11.9 Å². The van der Waals surface area contributed by atoms with Gasteiger partial charge in [-0.05, 0) is 13.8 Å². The fourth-order valence-corrected chi connectivity index (χ4v) is 1.30. The maximum absolute atomic E-state index is 11.4. The molecule has 0 aliphatic heterocycles. The van der Waals surface area contributed by atoms with Gasteiger partial charge in [0.25, 0.3) is 5.91 Å². The average Bonchev–Trinajstić information content (AvgIpc) is 2.68. The van der Waals surface area contributed by atoms with Gasteiger partial charge in [-0.3, -0.25) is 9.59 Å². The first-order valence-corrected chi connectivity index (χ1v) is 5.06. The van der Waals surface area contributed by atoms with Gasteiger partial charge < -0.3 is 10.4 Å². The van der Waals surface area contributed by atoms with Crippen LogP contribution >= 0.6 is 11.7 Å². The van der Waals surface area contributed by atoms with Gasteiger partial charge in [0.1, 0.15) is 0 Å². The van der Waals surface area contributed by atoms with E-state index >= 15 is 0 Å². The summed E-state index contributed by atoms with van der Waals surface area (Å²) in [5.74, 6) is -1.98. The monoisotopic (exact) mass is 229 g/mol. The zero-order valence-corrected chi connectivity index (χ0v) is 9.11. The van der Waals surface area contributed by atoms with E-state index in [1.54, 1.807) is 6.92 Å². The van der Waals surface area contributed by atoms with Crippen molar-refractivity contribution in [1.29, 1.82) is 0 Å². The molecular weight excluding hydrogens is 218 g/mol. The van der Waals surface area contributed by atoms with Crippen LogP contribution in [0, 0.1) is 5.92 Å². The zero-order chi connectivity index (χ0) is 11.4. The predicted octanol–water partition coefficient (Wildman–Crippen LogP) is 0.377. The number of nitrogens with zero attached hydrogens (tertiary/aromatic N) is 2. The molecule has 1 heterocycles. The van der Waals surface area contributed by atoms with Gasteiger partial charge in [-0.15, -0.1) is 0 Å². The Morgan fingerprint density at radius 3 is 2.67 bits per heavy atom. The minimum absolute atomic E-state index is 0.212. The summed E-state index contributed by atoms with van der Waals surface area (Å²) < 4.78 is 7.43. The normalized spacial score (nSPS) is 14.3. The van der Waals surface area contributed by atoms with Crippen LogP contribution in [0.2, 0.25) is 0 Å². The van der Waals surface area contributed by atoms with Crippen molar-refractivity contribution >= 4 is 23.6 Å². The highest BCUT2D eigenvalue weighted by Gasteiger charge is 2.22. The Balaban J connectivity index is 2.56. The fourth-order valence-electron chi connectivity index (χ4n) is 0.884. The Bertz CT molecular complexity index is 352. The third-order valence-electron chi connectivity index (χ3n) is 2.09. The van der Waals surface area contributed by atoms with E-state index in [-0.39, 0.29) is 5.69 Å². The summed E-state index contributed by atoms with van der Waals surface area (Å²) in [7, 11) is 0. The maximum Gasteiger partial charge on any atom is 0.308 e. The summed E-state index contributed by atoms with van der Waals surface area (Å²) in [6, 6.07) is -0.448. The van der Waals surface area contributed by atoms with Gasteiger partial charge in [0.15, 0.2) is 5.69 Å². The quantitative estimate of drug-likeness (QED) is 0.778. The third-order valence-corrected chi connectivity index (χ3v) is 2.57. The van der Waals surface area contributed by atoms with Gasteiger partial charge in [0, 0.05) is 6.04 Å². The number of carboxylic acids is 1. The molecule has 2 atom stereocenters. The molecule has 7 heteroatoms. The minimum Gasteiger partial charge on any atom is -0.481 e. The molecule has 0 fully saturated rings. The topological polar surface area (TPSA) is 92.2 Å². The first-order valence-electron chi connectivity index (χ1n) is 4.33. The van der Waals surface area contributed by atoms with Crippen LogP contribution < -0.4 is 5.32 Å². The molecule has 0 radical (unpaired) electrons. The Kier molecular flexibility index (Phi) is 3.73. The number of aromatic nitrogens is 2. The molecule has 0 aromatic carbocycles. The van der Waals surface area contributed by atoms with Crippen LogP contribution in [0.5, 0.6) is 0 Å². The van der Waals surface area contributed by atoms with Crippen molar-refractivity contribution in [3.8, 4) is 0 Å². The van der Waals surface area contributed by atoms with Gasteiger partial charge in [-0.25, -0.2) is 0 Å². The van der Waals surface area contributed by atoms with Gasteiger partial charge in [0.05, 0.1) is 23.8 Å². The lowest BCUT2D eigenvalue weighted by atomic mass is 10.0. The lowest BCUT2D eigenvalue weighted by Crippen LogP contribution is -2.40. The fraction of sp³-hybridized carbons (Fsp3) is 0.500. The van der Waals surface area contributed by atoms with E-state index in [9.17, 15) is 9.59 Å². The second-order valence-electron chi connectivity index (χ2n) is 3.18. The number of carbonyl (C=O) groups is 2. The van der Waals surface area contributed by atoms with E-state index in [0.29, 0.717) is 0 Å². The molecule has 0 bridgehead atoms. The Morgan fingerprint density at radius 1 is 1.53 bits per heavy atom. The molecule has 82 valence electrons. The number of nitrogens with one attached hydrogen (secondary N) is 1. The second kappa shape index (κ2) is 4.83. The van der Waals surface area contributed by atoms with Gasteiger partial charge in [0.2, 0.25) is 0 Å². The van der Waals surface area contributed by atoms with E-state index in [1.165, 1.54) is 13.1 Å². The molecule has 0 aliphatic rings. The van der Waals surface area contributed by atoms with Crippen molar-refractivity contribution in [3.63, 3.8) is 0 Å². The summed E-state index contributed by atoms with van der Waals surface area (Å²) in [4.78, 5) is 22.1. The SMILES string of the molecule is CC(NC(=O)c1cnsn1)C(C)C(=O)O. The first-order chi connectivity index (χ1) is 7.02. The molecule has 0 saturated carbocycles. The summed E-state index contributed by atoms with van der Waals surface area (Å²) in [5, 5.41) is 11.3. The number of rotatable bonds is 4. The van der Waals surface area contributed by atoms with Crippen molar-refractivity contribution in [2.45, 2.75) is 19.9 Å². The van der Waals surface area contributed by atoms with E-state index < -0.39 is 23.8 Å². The Morgan fingerprint density at radius 2 is 2.20 bits per heavy atom. The van der Waals surface area contributed by atoms with Crippen LogP contribution in [0.15, 0.2) is 6.20 Å². The van der Waals surface area contributed by atoms with Crippen LogP contribution in [0.25, 0.3) is 0 Å². The van der Waals surface area contributed by atoms with Crippen LogP contribution in [0.4, 0.5) is 0 Å². The highest BCUT2D eigenvalue weighted by atomic mass is 32.1. The zero-order valence-electron chi connectivity index (χ0n) is 8.30. The first kappa shape index (κ1) is 11.6. The summed E-state index contributed by atoms with van der Waals surface area (Å²) >= 11 is 0.933.